The number of nitrogens with one attached hydrogen (secondary N) is 2. The number of aromatic nitrogens is 4. The normalized spacial score (nSPS) is 14.4. The largest absolute Gasteiger partial charge is 0.331 e. The van der Waals surface area contributed by atoms with Crippen LogP contribution in [0.4, 0.5) is 4.79 Å². The van der Waals surface area contributed by atoms with E-state index in [-0.39, 0.29) is 12.1 Å². The number of aromatic amines is 1. The highest BCUT2D eigenvalue weighted by atomic mass is 16.2. The van der Waals surface area contributed by atoms with E-state index in [0.29, 0.717) is 6.54 Å². The Bertz CT molecular complexity index is 946. The molecule has 146 valence electrons. The molecule has 7 nitrogen and oxygen atoms in total. The minimum atomic E-state index is -0.150. The van der Waals surface area contributed by atoms with Crippen LogP contribution in [0.1, 0.15) is 48.3 Å². The van der Waals surface area contributed by atoms with E-state index in [1.165, 1.54) is 24.1 Å². The summed E-state index contributed by atoms with van der Waals surface area (Å²) in [5.41, 5.74) is 5.49. The van der Waals surface area contributed by atoms with Crippen LogP contribution in [-0.4, -0.2) is 38.0 Å². The third-order valence-corrected chi connectivity index (χ3v) is 5.37. The van der Waals surface area contributed by atoms with E-state index in [1.54, 1.807) is 11.1 Å². The monoisotopic (exact) mass is 378 g/mol. The number of rotatable bonds is 5. The van der Waals surface area contributed by atoms with E-state index in [4.69, 9.17) is 0 Å². The van der Waals surface area contributed by atoms with Gasteiger partial charge in [-0.3, -0.25) is 5.10 Å². The van der Waals surface area contributed by atoms with Gasteiger partial charge in [-0.2, -0.15) is 10.2 Å². The molecule has 2 amide bonds. The quantitative estimate of drug-likeness (QED) is 0.714. The number of hydrogen-bond acceptors (Lipinski definition) is 3. The molecule has 0 unspecified atom stereocenters. The summed E-state index contributed by atoms with van der Waals surface area (Å²) in [5.74, 6) is 0. The molecule has 0 saturated carbocycles. The van der Waals surface area contributed by atoms with Crippen LogP contribution >= 0.6 is 0 Å². The van der Waals surface area contributed by atoms with E-state index in [9.17, 15) is 4.79 Å². The van der Waals surface area contributed by atoms with Crippen LogP contribution < -0.4 is 5.32 Å². The molecule has 0 radical (unpaired) electrons. The average Bonchev–Trinajstić information content (AvgIpc) is 3.38. The lowest BCUT2D eigenvalue weighted by Crippen LogP contribution is -2.38. The molecule has 0 bridgehead atoms. The van der Waals surface area contributed by atoms with Gasteiger partial charge in [0, 0.05) is 25.1 Å². The van der Waals surface area contributed by atoms with Crippen molar-refractivity contribution < 1.29 is 4.79 Å². The molecule has 0 fully saturated rings. The van der Waals surface area contributed by atoms with Gasteiger partial charge in [-0.15, -0.1) is 0 Å². The smallest absolute Gasteiger partial charge is 0.317 e. The fraction of sp³-hybridized carbons (Fsp3) is 0.381. The SMILES string of the molecule is C[C@H](NC(=O)N(C)Cc1n[nH]c2c1CCCC2)c1ccccc1-n1cccn1. The lowest BCUT2D eigenvalue weighted by atomic mass is 9.96. The molecule has 0 spiro atoms. The Morgan fingerprint density at radius 3 is 2.93 bits per heavy atom. The van der Waals surface area contributed by atoms with Gasteiger partial charge in [-0.05, 0) is 55.9 Å². The zero-order valence-corrected chi connectivity index (χ0v) is 16.4. The van der Waals surface area contributed by atoms with Crippen molar-refractivity contribution in [3.05, 3.63) is 65.2 Å². The summed E-state index contributed by atoms with van der Waals surface area (Å²) in [6.45, 7) is 2.50. The second kappa shape index (κ2) is 7.88. The third-order valence-electron chi connectivity index (χ3n) is 5.37. The van der Waals surface area contributed by atoms with Crippen molar-refractivity contribution in [1.82, 2.24) is 30.2 Å². The molecule has 2 aromatic heterocycles. The van der Waals surface area contributed by atoms with Crippen molar-refractivity contribution in [1.29, 1.82) is 0 Å². The number of carbonyl (C=O) groups excluding carboxylic acids is 1. The van der Waals surface area contributed by atoms with Crippen LogP contribution in [0, 0.1) is 0 Å². The Morgan fingerprint density at radius 1 is 1.29 bits per heavy atom. The molecule has 1 atom stereocenters. The van der Waals surface area contributed by atoms with Crippen molar-refractivity contribution in [2.24, 2.45) is 0 Å². The molecule has 1 aliphatic carbocycles. The van der Waals surface area contributed by atoms with Gasteiger partial charge in [0.2, 0.25) is 0 Å². The Labute approximate surface area is 164 Å². The maximum Gasteiger partial charge on any atom is 0.317 e. The highest BCUT2D eigenvalue weighted by Gasteiger charge is 2.21. The molecule has 0 aliphatic heterocycles. The maximum atomic E-state index is 12.8. The number of para-hydroxylation sites is 1. The molecule has 28 heavy (non-hydrogen) atoms. The van der Waals surface area contributed by atoms with Crippen molar-refractivity contribution in [3.63, 3.8) is 0 Å². The first-order valence-electron chi connectivity index (χ1n) is 9.79. The van der Waals surface area contributed by atoms with Crippen LogP contribution in [0.25, 0.3) is 5.69 Å². The summed E-state index contributed by atoms with van der Waals surface area (Å²) in [6, 6.07) is 9.60. The topological polar surface area (TPSA) is 78.8 Å². The summed E-state index contributed by atoms with van der Waals surface area (Å²) >= 11 is 0. The number of H-pyrrole nitrogens is 1. The number of amides is 2. The molecule has 4 rings (SSSR count). The molecule has 2 heterocycles. The molecule has 2 N–H and O–H groups in total. The van der Waals surface area contributed by atoms with Gasteiger partial charge in [-0.25, -0.2) is 9.48 Å². The van der Waals surface area contributed by atoms with Gasteiger partial charge >= 0.3 is 6.03 Å². The Kier molecular flexibility index (Phi) is 5.14. The summed E-state index contributed by atoms with van der Waals surface area (Å²) < 4.78 is 1.82. The van der Waals surface area contributed by atoms with Crippen LogP contribution in [-0.2, 0) is 19.4 Å². The van der Waals surface area contributed by atoms with Gasteiger partial charge in [0.05, 0.1) is 24.0 Å². The van der Waals surface area contributed by atoms with Crippen LogP contribution in [0.3, 0.4) is 0 Å². The molecular formula is C21H26N6O. The second-order valence-electron chi connectivity index (χ2n) is 7.37. The number of aryl methyl sites for hydroxylation is 1. The molecular weight excluding hydrogens is 352 g/mol. The highest BCUT2D eigenvalue weighted by molar-refractivity contribution is 5.74. The lowest BCUT2D eigenvalue weighted by molar-refractivity contribution is 0.203. The fourth-order valence-electron chi connectivity index (χ4n) is 3.82. The summed E-state index contributed by atoms with van der Waals surface area (Å²) in [5, 5.41) is 15.0. The minimum absolute atomic E-state index is 0.115. The molecule has 1 aliphatic rings. The fourth-order valence-corrected chi connectivity index (χ4v) is 3.82. The first-order valence-corrected chi connectivity index (χ1v) is 9.79. The highest BCUT2D eigenvalue weighted by Crippen LogP contribution is 2.24. The summed E-state index contributed by atoms with van der Waals surface area (Å²) in [6.07, 6.45) is 8.15. The van der Waals surface area contributed by atoms with Crippen molar-refractivity contribution in [2.45, 2.75) is 45.2 Å². The summed E-state index contributed by atoms with van der Waals surface area (Å²) in [7, 11) is 1.81. The van der Waals surface area contributed by atoms with E-state index in [1.807, 2.05) is 55.2 Å². The minimum Gasteiger partial charge on any atom is -0.331 e. The number of urea groups is 1. The molecule has 0 saturated heterocycles. The Morgan fingerprint density at radius 2 is 2.11 bits per heavy atom. The number of benzene rings is 1. The zero-order valence-electron chi connectivity index (χ0n) is 16.4. The lowest BCUT2D eigenvalue weighted by Gasteiger charge is -2.23. The predicted octanol–water partition coefficient (Wildman–Crippen LogP) is 3.38. The zero-order chi connectivity index (χ0) is 19.5. The summed E-state index contributed by atoms with van der Waals surface area (Å²) in [4.78, 5) is 14.5. The van der Waals surface area contributed by atoms with Gasteiger partial charge < -0.3 is 10.2 Å². The van der Waals surface area contributed by atoms with E-state index in [0.717, 1.165) is 29.8 Å². The molecule has 1 aromatic carbocycles. The van der Waals surface area contributed by atoms with Gasteiger partial charge in [0.15, 0.2) is 0 Å². The standard InChI is InChI=1S/C21H26N6O/c1-15(16-8-4-6-11-20(16)27-13-7-12-22-27)23-21(28)26(2)14-19-17-9-3-5-10-18(17)24-25-19/h4,6-8,11-13,15H,3,5,9-10,14H2,1-2H3,(H,23,28)(H,24,25)/t15-/m0/s1. The van der Waals surface area contributed by atoms with Gasteiger partial charge in [0.1, 0.15) is 0 Å². The first-order chi connectivity index (χ1) is 13.6. The van der Waals surface area contributed by atoms with Crippen molar-refractivity contribution in [2.75, 3.05) is 7.05 Å². The van der Waals surface area contributed by atoms with Crippen LogP contribution in [0.2, 0.25) is 0 Å². The number of hydrogen-bond donors (Lipinski definition) is 2. The number of nitrogens with zero attached hydrogens (tertiary/aromatic N) is 4. The third kappa shape index (κ3) is 3.65. The van der Waals surface area contributed by atoms with Crippen molar-refractivity contribution >= 4 is 6.03 Å². The Hall–Kier alpha value is -3.09. The second-order valence-corrected chi connectivity index (χ2v) is 7.37. The van der Waals surface area contributed by atoms with E-state index >= 15 is 0 Å². The first kappa shape index (κ1) is 18.3. The van der Waals surface area contributed by atoms with Crippen LogP contribution in [0.5, 0.6) is 0 Å². The number of fused-ring (bicyclic) bond motifs is 1. The van der Waals surface area contributed by atoms with E-state index < -0.39 is 0 Å². The Balaban J connectivity index is 1.44. The average molecular weight is 378 g/mol. The van der Waals surface area contributed by atoms with Gasteiger partial charge in [0.25, 0.3) is 0 Å². The predicted molar refractivity (Wildman–Crippen MR) is 107 cm³/mol. The van der Waals surface area contributed by atoms with Crippen LogP contribution in [0.15, 0.2) is 42.7 Å². The number of carbonyl (C=O) groups is 1. The van der Waals surface area contributed by atoms with E-state index in [2.05, 4.69) is 20.6 Å². The molecule has 7 heteroatoms. The van der Waals surface area contributed by atoms with Gasteiger partial charge in [-0.1, -0.05) is 18.2 Å². The maximum absolute atomic E-state index is 12.8. The van der Waals surface area contributed by atoms with Crippen molar-refractivity contribution in [3.8, 4) is 5.69 Å². The molecule has 3 aromatic rings.